The molecule has 0 atom stereocenters. The average Bonchev–Trinajstić information content (AvgIpc) is 2.52. The van der Waals surface area contributed by atoms with Crippen LogP contribution in [0.2, 0.25) is 0 Å². The Morgan fingerprint density at radius 2 is 2.42 bits per heavy atom. The topological polar surface area (TPSA) is 120 Å². The molecule has 0 aliphatic heterocycles. The highest BCUT2D eigenvalue weighted by atomic mass is 16.6. The van der Waals surface area contributed by atoms with E-state index in [2.05, 4.69) is 30.3 Å². The lowest BCUT2D eigenvalue weighted by Gasteiger charge is -2.00. The van der Waals surface area contributed by atoms with Gasteiger partial charge in [0, 0.05) is 12.0 Å². The maximum absolute atomic E-state index is 9.99. The van der Waals surface area contributed by atoms with Crippen molar-refractivity contribution in [2.45, 2.75) is 0 Å². The van der Waals surface area contributed by atoms with Gasteiger partial charge in [-0.3, -0.25) is 0 Å². The van der Waals surface area contributed by atoms with Crippen LogP contribution in [-0.4, -0.2) is 17.4 Å². The van der Waals surface area contributed by atoms with Crippen molar-refractivity contribution in [3.8, 4) is 0 Å². The third-order valence-corrected chi connectivity index (χ3v) is 1.02. The third kappa shape index (κ3) is 1.30. The predicted molar refractivity (Wildman–Crippen MR) is 37.3 cm³/mol. The molecule has 0 aliphatic rings. The van der Waals surface area contributed by atoms with E-state index in [4.69, 9.17) is 5.53 Å². The minimum Gasteiger partial charge on any atom is -0.242 e. The number of hydrogen-bond donors (Lipinski definition) is 0. The number of hydrogen-bond acceptors (Lipinski definition) is 6. The van der Waals surface area contributed by atoms with Gasteiger partial charge in [-0.2, -0.15) is 0 Å². The molecule has 0 saturated carbocycles. The van der Waals surface area contributed by atoms with Crippen LogP contribution < -0.4 is 5.01 Å². The van der Waals surface area contributed by atoms with Gasteiger partial charge in [0.25, 0.3) is 0 Å². The molecule has 1 aromatic heterocycles. The maximum atomic E-state index is 9.99. The molecule has 1 heterocycles. The molecule has 1 aromatic rings. The quantitative estimate of drug-likeness (QED) is 0.220. The van der Waals surface area contributed by atoms with E-state index < -0.39 is 0 Å². The SMILES string of the molecule is CN(N=O)c1nonc1N=[N+]=[N-]. The van der Waals surface area contributed by atoms with Gasteiger partial charge in [0.05, 0.1) is 5.29 Å². The Morgan fingerprint density at radius 1 is 1.67 bits per heavy atom. The van der Waals surface area contributed by atoms with Gasteiger partial charge in [-0.25, -0.2) is 9.64 Å². The van der Waals surface area contributed by atoms with E-state index in [1.807, 2.05) is 0 Å². The van der Waals surface area contributed by atoms with Crippen molar-refractivity contribution in [1.29, 1.82) is 0 Å². The Hall–Kier alpha value is -2.15. The molecule has 0 spiro atoms. The fourth-order valence-electron chi connectivity index (χ4n) is 0.527. The molecular formula is C3H3N7O2. The van der Waals surface area contributed by atoms with E-state index in [1.165, 1.54) is 7.05 Å². The highest BCUT2D eigenvalue weighted by Gasteiger charge is 2.12. The molecule has 1 rings (SSSR count). The van der Waals surface area contributed by atoms with E-state index in [1.54, 1.807) is 0 Å². The molecule has 0 bridgehead atoms. The summed E-state index contributed by atoms with van der Waals surface area (Å²) >= 11 is 0. The van der Waals surface area contributed by atoms with E-state index in [-0.39, 0.29) is 11.6 Å². The van der Waals surface area contributed by atoms with Gasteiger partial charge in [-0.15, -0.1) is 4.91 Å². The van der Waals surface area contributed by atoms with Gasteiger partial charge in [0.2, 0.25) is 11.6 Å². The average molecular weight is 169 g/mol. The first-order chi connectivity index (χ1) is 5.79. The van der Waals surface area contributed by atoms with E-state index in [0.717, 1.165) is 5.01 Å². The Kier molecular flexibility index (Phi) is 2.19. The molecule has 0 radical (unpaired) electrons. The highest BCUT2D eigenvalue weighted by molar-refractivity contribution is 5.54. The first-order valence-electron chi connectivity index (χ1n) is 2.74. The first-order valence-corrected chi connectivity index (χ1v) is 2.74. The summed E-state index contributed by atoms with van der Waals surface area (Å²) in [5, 5.41) is 13.0. The van der Waals surface area contributed by atoms with Crippen LogP contribution in [-0.2, 0) is 0 Å². The van der Waals surface area contributed by atoms with Gasteiger partial charge < -0.3 is 0 Å². The summed E-state index contributed by atoms with van der Waals surface area (Å²) in [6.45, 7) is 0. The highest BCUT2D eigenvalue weighted by Crippen LogP contribution is 2.22. The molecule has 0 N–H and O–H groups in total. The second-order valence-corrected chi connectivity index (χ2v) is 1.71. The number of anilines is 1. The smallest absolute Gasteiger partial charge is 0.225 e. The monoisotopic (exact) mass is 169 g/mol. The van der Waals surface area contributed by atoms with Crippen molar-refractivity contribution in [2.24, 2.45) is 10.4 Å². The largest absolute Gasteiger partial charge is 0.242 e. The summed E-state index contributed by atoms with van der Waals surface area (Å²) in [6.07, 6.45) is 0. The second kappa shape index (κ2) is 3.30. The summed E-state index contributed by atoms with van der Waals surface area (Å²) < 4.78 is 4.22. The molecule has 12 heavy (non-hydrogen) atoms. The van der Waals surface area contributed by atoms with Crippen molar-refractivity contribution < 1.29 is 4.63 Å². The Labute approximate surface area is 65.5 Å². The lowest BCUT2D eigenvalue weighted by atomic mass is 10.6. The number of rotatable bonds is 3. The molecule has 0 fully saturated rings. The maximum Gasteiger partial charge on any atom is 0.225 e. The lowest BCUT2D eigenvalue weighted by molar-refractivity contribution is 0.309. The number of nitrogens with zero attached hydrogens (tertiary/aromatic N) is 7. The van der Waals surface area contributed by atoms with Crippen molar-refractivity contribution in [1.82, 2.24) is 10.3 Å². The van der Waals surface area contributed by atoms with Crippen molar-refractivity contribution >= 4 is 11.6 Å². The number of nitroso groups, excluding NO2 is 1. The zero-order valence-electron chi connectivity index (χ0n) is 5.95. The standard InChI is InChI=1S/C3H3N7O2/c1-10(9-11)3-2(5-8-4)6-12-7-3/h1H3. The minimum atomic E-state index is -0.125. The number of azide groups is 1. The van der Waals surface area contributed by atoms with Gasteiger partial charge in [0.15, 0.2) is 0 Å². The Morgan fingerprint density at radius 3 is 3.00 bits per heavy atom. The van der Waals surface area contributed by atoms with Crippen LogP contribution in [0.3, 0.4) is 0 Å². The zero-order valence-corrected chi connectivity index (χ0v) is 5.95. The van der Waals surface area contributed by atoms with Crippen LogP contribution >= 0.6 is 0 Å². The van der Waals surface area contributed by atoms with Crippen molar-refractivity contribution in [3.63, 3.8) is 0 Å². The summed E-state index contributed by atoms with van der Waals surface area (Å²) in [7, 11) is 1.32. The molecule has 0 aromatic carbocycles. The second-order valence-electron chi connectivity index (χ2n) is 1.71. The molecule has 9 nitrogen and oxygen atoms in total. The van der Waals surface area contributed by atoms with Gasteiger partial charge in [-0.05, 0) is 21.0 Å². The van der Waals surface area contributed by atoms with Crippen LogP contribution in [0.1, 0.15) is 0 Å². The summed E-state index contributed by atoms with van der Waals surface area (Å²) in [6, 6.07) is 0. The van der Waals surface area contributed by atoms with Crippen LogP contribution in [0.15, 0.2) is 15.0 Å². The van der Waals surface area contributed by atoms with E-state index in [9.17, 15) is 4.91 Å². The molecule has 0 amide bonds. The van der Waals surface area contributed by atoms with Crippen LogP contribution in [0.5, 0.6) is 0 Å². The molecule has 9 heteroatoms. The zero-order chi connectivity index (χ0) is 8.97. The fraction of sp³-hybridized carbons (Fsp3) is 0.333. The van der Waals surface area contributed by atoms with E-state index >= 15 is 0 Å². The fourth-order valence-corrected chi connectivity index (χ4v) is 0.527. The van der Waals surface area contributed by atoms with Crippen molar-refractivity contribution in [3.05, 3.63) is 15.3 Å². The van der Waals surface area contributed by atoms with E-state index in [0.29, 0.717) is 0 Å². The lowest BCUT2D eigenvalue weighted by Crippen LogP contribution is -2.06. The number of aromatic nitrogens is 2. The van der Waals surface area contributed by atoms with Gasteiger partial charge in [-0.1, -0.05) is 0 Å². The Balaban J connectivity index is 3.05. The molecular weight excluding hydrogens is 166 g/mol. The predicted octanol–water partition coefficient (Wildman–Crippen LogP) is 1.13. The summed E-state index contributed by atoms with van der Waals surface area (Å²) in [5.41, 5.74) is 8.04. The normalized spacial score (nSPS) is 8.75. The van der Waals surface area contributed by atoms with Crippen molar-refractivity contribution in [2.75, 3.05) is 12.1 Å². The van der Waals surface area contributed by atoms with Crippen LogP contribution in [0.4, 0.5) is 11.6 Å². The Bertz CT molecular complexity index is 325. The third-order valence-electron chi connectivity index (χ3n) is 1.02. The summed E-state index contributed by atoms with van der Waals surface area (Å²) in [5.74, 6) is -0.151. The molecule has 0 saturated heterocycles. The molecule has 0 unspecified atom stereocenters. The summed E-state index contributed by atoms with van der Waals surface area (Å²) in [4.78, 5) is 12.4. The first kappa shape index (κ1) is 7.95. The van der Waals surface area contributed by atoms with Gasteiger partial charge in [0.1, 0.15) is 0 Å². The minimum absolute atomic E-state index is 0.0252. The van der Waals surface area contributed by atoms with Crippen LogP contribution in [0.25, 0.3) is 10.4 Å². The van der Waals surface area contributed by atoms with Crippen LogP contribution in [0, 0.1) is 4.91 Å². The molecule has 62 valence electrons. The molecule has 0 aliphatic carbocycles. The van der Waals surface area contributed by atoms with Gasteiger partial charge >= 0.3 is 0 Å².